The molecule has 1 heterocycles. The van der Waals surface area contributed by atoms with Crippen LogP contribution in [0.4, 0.5) is 11.5 Å². The Bertz CT molecular complexity index is 917. The molecule has 1 amide bonds. The molecule has 1 atom stereocenters. The molecule has 0 saturated heterocycles. The standard InChI is InChI=1S/C20H19ClN4O2/c1-13(14-6-4-3-5-7-14)22-19-11-9-17(24-25-19)20(26)23-15-8-10-18(27-2)16(21)12-15/h3-13H,1-2H3,(H,22,25)(H,23,26). The fourth-order valence-electron chi connectivity index (χ4n) is 2.52. The number of carbonyl (C=O) groups is 1. The molecule has 0 aliphatic rings. The average molecular weight is 383 g/mol. The van der Waals surface area contributed by atoms with E-state index in [1.165, 1.54) is 7.11 Å². The summed E-state index contributed by atoms with van der Waals surface area (Å²) >= 11 is 6.07. The van der Waals surface area contributed by atoms with Crippen molar-refractivity contribution < 1.29 is 9.53 Å². The Hall–Kier alpha value is -3.12. The Morgan fingerprint density at radius 3 is 2.48 bits per heavy atom. The SMILES string of the molecule is COc1ccc(NC(=O)c2ccc(NC(C)c3ccccc3)nn2)cc1Cl. The average Bonchev–Trinajstić information content (AvgIpc) is 2.69. The van der Waals surface area contributed by atoms with Gasteiger partial charge in [-0.3, -0.25) is 4.79 Å². The monoisotopic (exact) mass is 382 g/mol. The maximum Gasteiger partial charge on any atom is 0.276 e. The van der Waals surface area contributed by atoms with Gasteiger partial charge in [0.25, 0.3) is 5.91 Å². The van der Waals surface area contributed by atoms with E-state index in [9.17, 15) is 4.79 Å². The number of benzene rings is 2. The molecule has 0 bridgehead atoms. The van der Waals surface area contributed by atoms with Crippen molar-refractivity contribution >= 4 is 29.0 Å². The molecule has 2 aromatic carbocycles. The van der Waals surface area contributed by atoms with Crippen LogP contribution in [0.2, 0.25) is 5.02 Å². The van der Waals surface area contributed by atoms with Crippen LogP contribution in [0, 0.1) is 0 Å². The second kappa shape index (κ2) is 8.51. The minimum atomic E-state index is -0.369. The maximum absolute atomic E-state index is 12.3. The lowest BCUT2D eigenvalue weighted by molar-refractivity contribution is 0.102. The first-order chi connectivity index (χ1) is 13.1. The molecule has 7 heteroatoms. The number of methoxy groups -OCH3 is 1. The van der Waals surface area contributed by atoms with E-state index < -0.39 is 0 Å². The van der Waals surface area contributed by atoms with E-state index in [0.717, 1.165) is 5.56 Å². The Morgan fingerprint density at radius 2 is 1.85 bits per heavy atom. The van der Waals surface area contributed by atoms with E-state index in [1.54, 1.807) is 30.3 Å². The Kier molecular flexibility index (Phi) is 5.88. The number of nitrogens with zero attached hydrogens (tertiary/aromatic N) is 2. The molecule has 1 aromatic heterocycles. The number of rotatable bonds is 6. The van der Waals surface area contributed by atoms with Crippen molar-refractivity contribution in [1.82, 2.24) is 10.2 Å². The summed E-state index contributed by atoms with van der Waals surface area (Å²) in [6.07, 6.45) is 0. The van der Waals surface area contributed by atoms with Crippen molar-refractivity contribution in [2.24, 2.45) is 0 Å². The summed E-state index contributed by atoms with van der Waals surface area (Å²) in [7, 11) is 1.53. The topological polar surface area (TPSA) is 76.1 Å². The summed E-state index contributed by atoms with van der Waals surface area (Å²) in [5.74, 6) is 0.763. The molecule has 0 spiro atoms. The second-order valence-electron chi connectivity index (χ2n) is 5.88. The van der Waals surface area contributed by atoms with Crippen molar-refractivity contribution in [3.05, 3.63) is 76.9 Å². The zero-order valence-electron chi connectivity index (χ0n) is 14.9. The molecule has 3 rings (SSSR count). The van der Waals surface area contributed by atoms with Crippen LogP contribution in [0.3, 0.4) is 0 Å². The van der Waals surface area contributed by atoms with Gasteiger partial charge < -0.3 is 15.4 Å². The van der Waals surface area contributed by atoms with Gasteiger partial charge in [-0.2, -0.15) is 0 Å². The van der Waals surface area contributed by atoms with Crippen molar-refractivity contribution in [3.63, 3.8) is 0 Å². The molecule has 0 saturated carbocycles. The first-order valence-electron chi connectivity index (χ1n) is 8.37. The lowest BCUT2D eigenvalue weighted by Gasteiger charge is -2.14. The third kappa shape index (κ3) is 4.74. The van der Waals surface area contributed by atoms with E-state index >= 15 is 0 Å². The number of halogens is 1. The van der Waals surface area contributed by atoms with Gasteiger partial charge in [0, 0.05) is 11.7 Å². The van der Waals surface area contributed by atoms with Crippen molar-refractivity contribution in [3.8, 4) is 5.75 Å². The third-order valence-corrected chi connectivity index (χ3v) is 4.27. The van der Waals surface area contributed by atoms with Crippen LogP contribution < -0.4 is 15.4 Å². The molecular weight excluding hydrogens is 364 g/mol. The number of amides is 1. The number of aromatic nitrogens is 2. The van der Waals surface area contributed by atoms with Crippen molar-refractivity contribution in [2.45, 2.75) is 13.0 Å². The van der Waals surface area contributed by atoms with Gasteiger partial charge in [0.05, 0.1) is 12.1 Å². The number of carbonyl (C=O) groups excluding carboxylic acids is 1. The summed E-state index contributed by atoms with van der Waals surface area (Å²) in [6, 6.07) is 18.4. The molecule has 138 valence electrons. The highest BCUT2D eigenvalue weighted by Gasteiger charge is 2.11. The second-order valence-corrected chi connectivity index (χ2v) is 6.29. The largest absolute Gasteiger partial charge is 0.495 e. The highest BCUT2D eigenvalue weighted by atomic mass is 35.5. The van der Waals surface area contributed by atoms with E-state index in [1.807, 2.05) is 37.3 Å². The fraction of sp³-hybridized carbons (Fsp3) is 0.150. The molecule has 6 nitrogen and oxygen atoms in total. The van der Waals surface area contributed by atoms with Gasteiger partial charge in [0.15, 0.2) is 5.69 Å². The predicted molar refractivity (Wildman–Crippen MR) is 106 cm³/mol. The summed E-state index contributed by atoms with van der Waals surface area (Å²) in [5.41, 5.74) is 1.89. The van der Waals surface area contributed by atoms with E-state index in [0.29, 0.717) is 22.3 Å². The molecule has 0 aliphatic heterocycles. The number of hydrogen-bond donors (Lipinski definition) is 2. The van der Waals surface area contributed by atoms with Gasteiger partial charge in [-0.05, 0) is 42.8 Å². The van der Waals surface area contributed by atoms with Gasteiger partial charge in [0.1, 0.15) is 11.6 Å². The molecular formula is C20H19ClN4O2. The van der Waals surface area contributed by atoms with Gasteiger partial charge in [-0.25, -0.2) is 0 Å². The Labute approximate surface area is 162 Å². The normalized spacial score (nSPS) is 11.5. The van der Waals surface area contributed by atoms with Crippen molar-refractivity contribution in [2.75, 3.05) is 17.7 Å². The zero-order chi connectivity index (χ0) is 19.2. The lowest BCUT2D eigenvalue weighted by Crippen LogP contribution is -2.15. The molecule has 1 unspecified atom stereocenters. The van der Waals surface area contributed by atoms with Gasteiger partial charge in [-0.15, -0.1) is 10.2 Å². The van der Waals surface area contributed by atoms with Crippen LogP contribution in [0.5, 0.6) is 5.75 Å². The van der Waals surface area contributed by atoms with Gasteiger partial charge in [0.2, 0.25) is 0 Å². The fourth-order valence-corrected chi connectivity index (χ4v) is 2.77. The Morgan fingerprint density at radius 1 is 1.07 bits per heavy atom. The van der Waals surface area contributed by atoms with Crippen LogP contribution in [-0.4, -0.2) is 23.2 Å². The van der Waals surface area contributed by atoms with Crippen LogP contribution in [0.25, 0.3) is 0 Å². The number of anilines is 2. The highest BCUT2D eigenvalue weighted by Crippen LogP contribution is 2.27. The molecule has 27 heavy (non-hydrogen) atoms. The predicted octanol–water partition coefficient (Wildman–Crippen LogP) is 4.56. The molecule has 2 N–H and O–H groups in total. The number of hydrogen-bond acceptors (Lipinski definition) is 5. The molecule has 0 fully saturated rings. The van der Waals surface area contributed by atoms with Gasteiger partial charge >= 0.3 is 0 Å². The zero-order valence-corrected chi connectivity index (χ0v) is 15.7. The molecule has 0 radical (unpaired) electrons. The maximum atomic E-state index is 12.3. The van der Waals surface area contributed by atoms with E-state index in [2.05, 4.69) is 20.8 Å². The summed E-state index contributed by atoms with van der Waals surface area (Å²) in [6.45, 7) is 2.03. The number of ether oxygens (including phenoxy) is 1. The lowest BCUT2D eigenvalue weighted by atomic mass is 10.1. The van der Waals surface area contributed by atoms with Crippen LogP contribution in [0.1, 0.15) is 29.0 Å². The van der Waals surface area contributed by atoms with Crippen LogP contribution in [0.15, 0.2) is 60.7 Å². The third-order valence-electron chi connectivity index (χ3n) is 3.97. The molecule has 0 aliphatic carbocycles. The van der Waals surface area contributed by atoms with E-state index in [-0.39, 0.29) is 17.6 Å². The minimum Gasteiger partial charge on any atom is -0.495 e. The summed E-state index contributed by atoms with van der Waals surface area (Å²) < 4.78 is 5.09. The molecule has 3 aromatic rings. The van der Waals surface area contributed by atoms with E-state index in [4.69, 9.17) is 16.3 Å². The van der Waals surface area contributed by atoms with Crippen LogP contribution in [-0.2, 0) is 0 Å². The first-order valence-corrected chi connectivity index (χ1v) is 8.74. The summed E-state index contributed by atoms with van der Waals surface area (Å²) in [5, 5.41) is 14.5. The quantitative estimate of drug-likeness (QED) is 0.653. The summed E-state index contributed by atoms with van der Waals surface area (Å²) in [4.78, 5) is 12.3. The first kappa shape index (κ1) is 18.7. The highest BCUT2D eigenvalue weighted by molar-refractivity contribution is 6.32. The number of nitrogens with one attached hydrogen (secondary N) is 2. The smallest absolute Gasteiger partial charge is 0.276 e. The van der Waals surface area contributed by atoms with Crippen molar-refractivity contribution in [1.29, 1.82) is 0 Å². The Balaban J connectivity index is 1.64. The van der Waals surface area contributed by atoms with Crippen LogP contribution >= 0.6 is 11.6 Å². The van der Waals surface area contributed by atoms with Gasteiger partial charge in [-0.1, -0.05) is 41.9 Å². The minimum absolute atomic E-state index is 0.0709.